The van der Waals surface area contributed by atoms with E-state index >= 15 is 0 Å². The van der Waals surface area contributed by atoms with E-state index in [2.05, 4.69) is 41.8 Å². The molecule has 0 spiro atoms. The highest BCUT2D eigenvalue weighted by Crippen LogP contribution is 2.26. The number of thiazole rings is 1. The van der Waals surface area contributed by atoms with Gasteiger partial charge in [-0.15, -0.1) is 11.3 Å². The number of aromatic nitrogens is 1. The Kier molecular flexibility index (Phi) is 2.41. The predicted molar refractivity (Wildman–Crippen MR) is 61.5 cm³/mol. The molecule has 3 heteroatoms. The fourth-order valence-corrected chi connectivity index (χ4v) is 1.91. The van der Waals surface area contributed by atoms with Crippen LogP contribution >= 0.6 is 11.3 Å². The summed E-state index contributed by atoms with van der Waals surface area (Å²) in [4.78, 5) is 8.13. The standard InChI is InChI=1S/C11H10N2S/c1-8-4-3-5-9(6-8)10-7-14-11(12-2)13-10/h3-7H,2H2,1H3. The molecule has 1 heterocycles. The molecule has 0 atom stereocenters. The molecule has 0 aliphatic carbocycles. The van der Waals surface area contributed by atoms with Crippen molar-refractivity contribution in [1.29, 1.82) is 0 Å². The van der Waals surface area contributed by atoms with Gasteiger partial charge in [-0.25, -0.2) is 9.98 Å². The lowest BCUT2D eigenvalue weighted by Gasteiger charge is -1.96. The summed E-state index contributed by atoms with van der Waals surface area (Å²) in [5.41, 5.74) is 3.35. The van der Waals surface area contributed by atoms with Gasteiger partial charge in [-0.2, -0.15) is 0 Å². The van der Waals surface area contributed by atoms with E-state index < -0.39 is 0 Å². The van der Waals surface area contributed by atoms with E-state index in [4.69, 9.17) is 0 Å². The lowest BCUT2D eigenvalue weighted by molar-refractivity contribution is 1.35. The van der Waals surface area contributed by atoms with E-state index in [1.54, 1.807) is 0 Å². The van der Waals surface area contributed by atoms with Gasteiger partial charge >= 0.3 is 0 Å². The highest BCUT2D eigenvalue weighted by Gasteiger charge is 2.02. The second-order valence-corrected chi connectivity index (χ2v) is 3.88. The molecule has 70 valence electrons. The van der Waals surface area contributed by atoms with Crippen molar-refractivity contribution in [2.24, 2.45) is 4.99 Å². The molecule has 2 nitrogen and oxygen atoms in total. The van der Waals surface area contributed by atoms with E-state index in [0.29, 0.717) is 0 Å². The zero-order chi connectivity index (χ0) is 9.97. The number of nitrogens with zero attached hydrogens (tertiary/aromatic N) is 2. The predicted octanol–water partition coefficient (Wildman–Crippen LogP) is 3.45. The minimum atomic E-state index is 0.724. The molecule has 0 aliphatic heterocycles. The van der Waals surface area contributed by atoms with E-state index in [9.17, 15) is 0 Å². The zero-order valence-electron chi connectivity index (χ0n) is 7.90. The highest BCUT2D eigenvalue weighted by atomic mass is 32.1. The molecule has 0 aliphatic rings. The van der Waals surface area contributed by atoms with E-state index in [1.165, 1.54) is 16.9 Å². The number of benzene rings is 1. The van der Waals surface area contributed by atoms with Crippen LogP contribution in [0.4, 0.5) is 5.13 Å². The van der Waals surface area contributed by atoms with Crippen LogP contribution in [0.25, 0.3) is 11.3 Å². The monoisotopic (exact) mass is 202 g/mol. The van der Waals surface area contributed by atoms with Crippen molar-refractivity contribution in [3.63, 3.8) is 0 Å². The SMILES string of the molecule is C=Nc1nc(-c2cccc(C)c2)cs1. The molecule has 0 saturated carbocycles. The summed E-state index contributed by atoms with van der Waals surface area (Å²) in [7, 11) is 0. The van der Waals surface area contributed by atoms with Gasteiger partial charge in [-0.1, -0.05) is 23.8 Å². The average Bonchev–Trinajstić information content (AvgIpc) is 2.66. The first-order valence-corrected chi connectivity index (χ1v) is 5.17. The quantitative estimate of drug-likeness (QED) is 0.685. The van der Waals surface area contributed by atoms with Gasteiger partial charge in [-0.05, 0) is 19.7 Å². The molecule has 1 aromatic carbocycles. The van der Waals surface area contributed by atoms with Gasteiger partial charge in [0.2, 0.25) is 5.13 Å². The summed E-state index contributed by atoms with van der Waals surface area (Å²) >= 11 is 1.51. The minimum absolute atomic E-state index is 0.724. The van der Waals surface area contributed by atoms with E-state index in [0.717, 1.165) is 16.4 Å². The lowest BCUT2D eigenvalue weighted by atomic mass is 10.1. The minimum Gasteiger partial charge on any atom is -0.236 e. The Morgan fingerprint density at radius 3 is 2.93 bits per heavy atom. The van der Waals surface area contributed by atoms with Crippen molar-refractivity contribution in [2.75, 3.05) is 0 Å². The topological polar surface area (TPSA) is 25.2 Å². The molecule has 0 radical (unpaired) electrons. The molecule has 0 bridgehead atoms. The summed E-state index contributed by atoms with van der Waals surface area (Å²) in [6.45, 7) is 5.53. The Labute approximate surface area is 87.0 Å². The van der Waals surface area contributed by atoms with Crippen molar-refractivity contribution in [2.45, 2.75) is 6.92 Å². The Hall–Kier alpha value is -1.48. The molecule has 0 saturated heterocycles. The third-order valence-corrected chi connectivity index (χ3v) is 2.71. The maximum absolute atomic E-state index is 4.33. The third-order valence-electron chi connectivity index (χ3n) is 1.94. The first-order chi connectivity index (χ1) is 6.79. The smallest absolute Gasteiger partial charge is 0.209 e. The first kappa shape index (κ1) is 9.09. The summed E-state index contributed by atoms with van der Waals surface area (Å²) in [5.74, 6) is 0. The molecule has 0 N–H and O–H groups in total. The highest BCUT2D eigenvalue weighted by molar-refractivity contribution is 7.13. The van der Waals surface area contributed by atoms with Crippen LogP contribution in [-0.4, -0.2) is 11.7 Å². The molecule has 0 amide bonds. The largest absolute Gasteiger partial charge is 0.236 e. The van der Waals surface area contributed by atoms with Crippen LogP contribution in [0.3, 0.4) is 0 Å². The molecule has 1 aromatic heterocycles. The third kappa shape index (κ3) is 1.72. The van der Waals surface area contributed by atoms with E-state index in [-0.39, 0.29) is 0 Å². The Balaban J connectivity index is 2.43. The molecular formula is C11H10N2S. The fourth-order valence-electron chi connectivity index (χ4n) is 1.27. The van der Waals surface area contributed by atoms with Crippen LogP contribution in [0.5, 0.6) is 0 Å². The van der Waals surface area contributed by atoms with Gasteiger partial charge in [0.25, 0.3) is 0 Å². The van der Waals surface area contributed by atoms with E-state index in [1.807, 2.05) is 11.4 Å². The number of aryl methyl sites for hydroxylation is 1. The first-order valence-electron chi connectivity index (χ1n) is 4.29. The maximum atomic E-state index is 4.33. The summed E-state index contributed by atoms with van der Waals surface area (Å²) in [6.07, 6.45) is 0. The van der Waals surface area contributed by atoms with Crippen LogP contribution in [0.15, 0.2) is 34.6 Å². The Morgan fingerprint density at radius 2 is 2.29 bits per heavy atom. The Morgan fingerprint density at radius 1 is 1.43 bits per heavy atom. The molecule has 14 heavy (non-hydrogen) atoms. The maximum Gasteiger partial charge on any atom is 0.209 e. The lowest BCUT2D eigenvalue weighted by Crippen LogP contribution is -1.78. The molecule has 0 fully saturated rings. The molecule has 2 rings (SSSR count). The van der Waals surface area contributed by atoms with Crippen LogP contribution < -0.4 is 0 Å². The summed E-state index contributed by atoms with van der Waals surface area (Å²) in [5, 5.41) is 2.72. The van der Waals surface area contributed by atoms with Crippen LogP contribution in [-0.2, 0) is 0 Å². The zero-order valence-corrected chi connectivity index (χ0v) is 8.71. The van der Waals surface area contributed by atoms with Crippen LogP contribution in [0.1, 0.15) is 5.56 Å². The van der Waals surface area contributed by atoms with Crippen molar-refractivity contribution in [3.05, 3.63) is 35.2 Å². The molecular weight excluding hydrogens is 192 g/mol. The van der Waals surface area contributed by atoms with Gasteiger partial charge in [0.1, 0.15) is 0 Å². The fraction of sp³-hybridized carbons (Fsp3) is 0.0909. The number of hydrogen-bond donors (Lipinski definition) is 0. The molecule has 0 unspecified atom stereocenters. The van der Waals surface area contributed by atoms with Gasteiger partial charge in [0.05, 0.1) is 5.69 Å². The molecule has 2 aromatic rings. The van der Waals surface area contributed by atoms with Crippen LogP contribution in [0, 0.1) is 6.92 Å². The van der Waals surface area contributed by atoms with Gasteiger partial charge in [0.15, 0.2) is 0 Å². The number of rotatable bonds is 2. The van der Waals surface area contributed by atoms with Crippen molar-refractivity contribution < 1.29 is 0 Å². The summed E-state index contributed by atoms with van der Waals surface area (Å²) in [6, 6.07) is 8.27. The van der Waals surface area contributed by atoms with Gasteiger partial charge in [-0.3, -0.25) is 0 Å². The number of aliphatic imine (C=N–C) groups is 1. The van der Waals surface area contributed by atoms with Crippen molar-refractivity contribution >= 4 is 23.2 Å². The second-order valence-electron chi connectivity index (χ2n) is 3.04. The van der Waals surface area contributed by atoms with Gasteiger partial charge < -0.3 is 0 Å². The second kappa shape index (κ2) is 3.72. The van der Waals surface area contributed by atoms with Gasteiger partial charge in [0, 0.05) is 10.9 Å². The summed E-state index contributed by atoms with van der Waals surface area (Å²) < 4.78 is 0. The average molecular weight is 202 g/mol. The van der Waals surface area contributed by atoms with Crippen LogP contribution in [0.2, 0.25) is 0 Å². The van der Waals surface area contributed by atoms with Crippen molar-refractivity contribution in [3.8, 4) is 11.3 Å². The Bertz CT molecular complexity index is 460. The normalized spacial score (nSPS) is 10.1. The van der Waals surface area contributed by atoms with Crippen molar-refractivity contribution in [1.82, 2.24) is 4.98 Å². The number of hydrogen-bond acceptors (Lipinski definition) is 3.